The van der Waals surface area contributed by atoms with Gasteiger partial charge in [-0.25, -0.2) is 9.97 Å². The molecule has 0 radical (unpaired) electrons. The fourth-order valence-electron chi connectivity index (χ4n) is 4.25. The summed E-state index contributed by atoms with van der Waals surface area (Å²) < 4.78 is 0. The Bertz CT molecular complexity index is 799. The van der Waals surface area contributed by atoms with E-state index in [0.29, 0.717) is 6.04 Å². The summed E-state index contributed by atoms with van der Waals surface area (Å²) in [6.07, 6.45) is 8.58. The second-order valence-corrected chi connectivity index (χ2v) is 9.25. The number of likely N-dealkylation sites (tertiary alicyclic amines) is 1. The lowest BCUT2D eigenvalue weighted by Crippen LogP contribution is -2.43. The number of hydrogen-bond acceptors (Lipinski definition) is 6. The number of rotatable bonds is 4. The fourth-order valence-corrected chi connectivity index (χ4v) is 5.15. The Morgan fingerprint density at radius 2 is 2.00 bits per heavy atom. The van der Waals surface area contributed by atoms with Gasteiger partial charge in [0, 0.05) is 12.1 Å². The van der Waals surface area contributed by atoms with Gasteiger partial charge in [-0.1, -0.05) is 19.8 Å². The van der Waals surface area contributed by atoms with Crippen LogP contribution in [-0.2, 0) is 0 Å². The molecule has 2 aliphatic rings. The highest BCUT2D eigenvalue weighted by molar-refractivity contribution is 7.20. The molecule has 2 atom stereocenters. The first-order chi connectivity index (χ1) is 13.1. The molecule has 1 amide bonds. The van der Waals surface area contributed by atoms with Crippen LogP contribution in [0.15, 0.2) is 12.4 Å². The molecule has 4 rings (SSSR count). The van der Waals surface area contributed by atoms with Crippen molar-refractivity contribution >= 4 is 33.3 Å². The van der Waals surface area contributed by atoms with Crippen LogP contribution in [0, 0.1) is 5.92 Å². The Hall–Kier alpha value is -1.73. The molecule has 1 aliphatic carbocycles. The van der Waals surface area contributed by atoms with E-state index in [4.69, 9.17) is 0 Å². The molecule has 1 saturated heterocycles. The molecule has 27 heavy (non-hydrogen) atoms. The predicted octanol–water partition coefficient (Wildman–Crippen LogP) is 3.51. The summed E-state index contributed by atoms with van der Waals surface area (Å²) in [5, 5.41) is 7.78. The molecule has 2 unspecified atom stereocenters. The standard InChI is InChI=1S/C20H29N5OS/c1-13-4-3-5-15(10-13)23-18-16-11-17(27-20(16)22-12-21-18)19(26)24-14-6-8-25(2)9-7-14/h11-15H,3-10H2,1-2H3,(H,24,26)(H,21,22,23). The topological polar surface area (TPSA) is 70.1 Å². The van der Waals surface area contributed by atoms with Crippen LogP contribution in [0.3, 0.4) is 0 Å². The summed E-state index contributed by atoms with van der Waals surface area (Å²) in [5.74, 6) is 1.64. The largest absolute Gasteiger partial charge is 0.367 e. The zero-order chi connectivity index (χ0) is 18.8. The Morgan fingerprint density at radius 1 is 1.19 bits per heavy atom. The summed E-state index contributed by atoms with van der Waals surface area (Å²) in [7, 11) is 2.13. The molecule has 7 heteroatoms. The van der Waals surface area contributed by atoms with Crippen LogP contribution in [0.1, 0.15) is 55.1 Å². The Kier molecular flexibility index (Phi) is 5.59. The molecule has 1 aliphatic heterocycles. The Labute approximate surface area is 164 Å². The van der Waals surface area contributed by atoms with Crippen molar-refractivity contribution in [3.63, 3.8) is 0 Å². The monoisotopic (exact) mass is 387 g/mol. The molecule has 1 saturated carbocycles. The number of aromatic nitrogens is 2. The third-order valence-electron chi connectivity index (χ3n) is 5.88. The highest BCUT2D eigenvalue weighted by atomic mass is 32.1. The van der Waals surface area contributed by atoms with E-state index in [1.54, 1.807) is 6.33 Å². The summed E-state index contributed by atoms with van der Waals surface area (Å²) in [5.41, 5.74) is 0. The summed E-state index contributed by atoms with van der Waals surface area (Å²) >= 11 is 1.46. The van der Waals surface area contributed by atoms with E-state index in [0.717, 1.165) is 52.8 Å². The molecule has 2 aromatic rings. The minimum atomic E-state index is 0.0183. The van der Waals surface area contributed by atoms with Gasteiger partial charge in [0.25, 0.3) is 5.91 Å². The fraction of sp³-hybridized carbons (Fsp3) is 0.650. The van der Waals surface area contributed by atoms with Crippen LogP contribution < -0.4 is 10.6 Å². The molecular formula is C20H29N5OS. The van der Waals surface area contributed by atoms with Gasteiger partial charge in [0.2, 0.25) is 0 Å². The number of nitrogens with zero attached hydrogens (tertiary/aromatic N) is 3. The first-order valence-corrected chi connectivity index (χ1v) is 10.9. The van der Waals surface area contributed by atoms with Gasteiger partial charge >= 0.3 is 0 Å². The lowest BCUT2D eigenvalue weighted by Gasteiger charge is -2.29. The number of amides is 1. The number of piperidine rings is 1. The van der Waals surface area contributed by atoms with Crippen molar-refractivity contribution in [2.75, 3.05) is 25.5 Å². The van der Waals surface area contributed by atoms with Gasteiger partial charge in [-0.3, -0.25) is 4.79 Å². The van der Waals surface area contributed by atoms with Crippen molar-refractivity contribution in [1.82, 2.24) is 20.2 Å². The van der Waals surface area contributed by atoms with Gasteiger partial charge in [-0.15, -0.1) is 11.3 Å². The van der Waals surface area contributed by atoms with Crippen molar-refractivity contribution in [1.29, 1.82) is 0 Å². The molecular weight excluding hydrogens is 358 g/mol. The lowest BCUT2D eigenvalue weighted by atomic mass is 9.87. The van der Waals surface area contributed by atoms with Crippen LogP contribution in [0.2, 0.25) is 0 Å². The maximum Gasteiger partial charge on any atom is 0.261 e. The lowest BCUT2D eigenvalue weighted by molar-refractivity contribution is 0.0921. The number of hydrogen-bond donors (Lipinski definition) is 2. The van der Waals surface area contributed by atoms with Crippen molar-refractivity contribution in [2.45, 2.75) is 57.5 Å². The van der Waals surface area contributed by atoms with Gasteiger partial charge < -0.3 is 15.5 Å². The van der Waals surface area contributed by atoms with Gasteiger partial charge in [-0.05, 0) is 57.8 Å². The highest BCUT2D eigenvalue weighted by Gasteiger charge is 2.23. The Balaban J connectivity index is 1.47. The minimum Gasteiger partial charge on any atom is -0.367 e. The number of anilines is 1. The molecule has 0 spiro atoms. The highest BCUT2D eigenvalue weighted by Crippen LogP contribution is 2.31. The zero-order valence-electron chi connectivity index (χ0n) is 16.2. The van der Waals surface area contributed by atoms with Crippen LogP contribution in [0.5, 0.6) is 0 Å². The van der Waals surface area contributed by atoms with E-state index in [9.17, 15) is 4.79 Å². The van der Waals surface area contributed by atoms with Crippen LogP contribution in [0.4, 0.5) is 5.82 Å². The van der Waals surface area contributed by atoms with E-state index in [1.165, 1.54) is 37.0 Å². The molecule has 0 aromatic carbocycles. The maximum absolute atomic E-state index is 12.7. The average Bonchev–Trinajstić information content (AvgIpc) is 3.09. The molecule has 2 fully saturated rings. The smallest absolute Gasteiger partial charge is 0.261 e. The zero-order valence-corrected chi connectivity index (χ0v) is 17.0. The Morgan fingerprint density at radius 3 is 2.78 bits per heavy atom. The normalized spacial score (nSPS) is 24.8. The third kappa shape index (κ3) is 4.41. The van der Waals surface area contributed by atoms with Crippen LogP contribution in [0.25, 0.3) is 10.2 Å². The minimum absolute atomic E-state index is 0.0183. The predicted molar refractivity (Wildman–Crippen MR) is 110 cm³/mol. The molecule has 3 heterocycles. The van der Waals surface area contributed by atoms with Gasteiger partial charge in [0.15, 0.2) is 0 Å². The van der Waals surface area contributed by atoms with E-state index < -0.39 is 0 Å². The number of carbonyl (C=O) groups excluding carboxylic acids is 1. The van der Waals surface area contributed by atoms with Crippen molar-refractivity contribution < 1.29 is 4.79 Å². The van der Waals surface area contributed by atoms with Crippen molar-refractivity contribution in [3.05, 3.63) is 17.3 Å². The quantitative estimate of drug-likeness (QED) is 0.840. The van der Waals surface area contributed by atoms with E-state index in [1.807, 2.05) is 6.07 Å². The van der Waals surface area contributed by atoms with Gasteiger partial charge in [-0.2, -0.15) is 0 Å². The first-order valence-electron chi connectivity index (χ1n) is 10.1. The summed E-state index contributed by atoms with van der Waals surface area (Å²) in [6.45, 7) is 4.40. The van der Waals surface area contributed by atoms with E-state index >= 15 is 0 Å². The van der Waals surface area contributed by atoms with Gasteiger partial charge in [0.1, 0.15) is 17.0 Å². The van der Waals surface area contributed by atoms with Crippen molar-refractivity contribution in [3.8, 4) is 0 Å². The van der Waals surface area contributed by atoms with Gasteiger partial charge in [0.05, 0.1) is 10.3 Å². The molecule has 2 N–H and O–H groups in total. The van der Waals surface area contributed by atoms with Crippen LogP contribution >= 0.6 is 11.3 Å². The summed E-state index contributed by atoms with van der Waals surface area (Å²) in [4.78, 5) is 25.5. The number of nitrogens with one attached hydrogen (secondary N) is 2. The first kappa shape index (κ1) is 18.6. The molecule has 2 aromatic heterocycles. The number of thiophene rings is 1. The van der Waals surface area contributed by atoms with Crippen LogP contribution in [-0.4, -0.2) is 53.0 Å². The number of carbonyl (C=O) groups is 1. The second kappa shape index (κ2) is 8.10. The molecule has 146 valence electrons. The maximum atomic E-state index is 12.7. The second-order valence-electron chi connectivity index (χ2n) is 8.22. The average molecular weight is 388 g/mol. The summed E-state index contributed by atoms with van der Waals surface area (Å²) in [6, 6.07) is 2.69. The number of fused-ring (bicyclic) bond motifs is 1. The van der Waals surface area contributed by atoms with E-state index in [-0.39, 0.29) is 11.9 Å². The van der Waals surface area contributed by atoms with E-state index in [2.05, 4.69) is 39.5 Å². The van der Waals surface area contributed by atoms with Crippen molar-refractivity contribution in [2.24, 2.45) is 5.92 Å². The molecule has 0 bridgehead atoms. The molecule has 6 nitrogen and oxygen atoms in total. The SMILES string of the molecule is CC1CCCC(Nc2ncnc3sc(C(=O)NC4CCN(C)CC4)cc23)C1. The third-order valence-corrected chi connectivity index (χ3v) is 6.93.